The normalized spacial score (nSPS) is 50.9. The lowest BCUT2D eigenvalue weighted by Crippen LogP contribution is -2.52. The zero-order chi connectivity index (χ0) is 15.5. The number of aliphatic hydroxyl groups excluding tert-OH is 1. The average Bonchev–Trinajstić information content (AvgIpc) is 2.82. The second-order valence-corrected chi connectivity index (χ2v) is 8.76. The number of carbonyl (C=O) groups excluding carboxylic acids is 1. The van der Waals surface area contributed by atoms with E-state index < -0.39 is 0 Å². The maximum Gasteiger partial charge on any atom is 0.139 e. The summed E-state index contributed by atoms with van der Waals surface area (Å²) < 4.78 is 0. The van der Waals surface area contributed by atoms with Gasteiger partial charge in [0.25, 0.3) is 0 Å². The van der Waals surface area contributed by atoms with Crippen molar-refractivity contribution < 1.29 is 9.90 Å². The summed E-state index contributed by atoms with van der Waals surface area (Å²) in [5, 5.41) is 10.0. The highest BCUT2D eigenvalue weighted by atomic mass is 32.1. The third-order valence-corrected chi connectivity index (χ3v) is 8.37. The minimum absolute atomic E-state index is 0.0334. The van der Waals surface area contributed by atoms with E-state index in [9.17, 15) is 9.90 Å². The van der Waals surface area contributed by atoms with Crippen LogP contribution in [-0.4, -0.2) is 22.7 Å². The lowest BCUT2D eigenvalue weighted by molar-refractivity contribution is -0.132. The van der Waals surface area contributed by atoms with E-state index in [2.05, 4.69) is 13.0 Å². The number of rotatable bonds is 1. The van der Waals surface area contributed by atoms with Gasteiger partial charge in [-0.3, -0.25) is 4.79 Å². The Balaban J connectivity index is 1.71. The Morgan fingerprint density at radius 2 is 2.00 bits per heavy atom. The first kappa shape index (κ1) is 15.3. The van der Waals surface area contributed by atoms with Gasteiger partial charge >= 0.3 is 0 Å². The molecule has 4 aliphatic rings. The standard InChI is InChI=1S/C19H28O2S/c1-18-8-7-16-14(15(18)4-5-17(18)21)3-2-12-10-13(20)6-9-19(12,16)11-22/h10,13-16,20,22H,2-9,11H2,1H3/t13-,14-,15-,16-,18-,19+/m0/s1. The molecule has 0 radical (unpaired) electrons. The highest BCUT2D eigenvalue weighted by Gasteiger charge is 2.59. The van der Waals surface area contributed by atoms with Gasteiger partial charge in [-0.25, -0.2) is 0 Å². The molecule has 0 amide bonds. The topological polar surface area (TPSA) is 37.3 Å². The molecule has 0 heterocycles. The summed E-state index contributed by atoms with van der Waals surface area (Å²) in [6, 6.07) is 0. The molecule has 0 aliphatic heterocycles. The zero-order valence-electron chi connectivity index (χ0n) is 13.6. The largest absolute Gasteiger partial charge is 0.389 e. The van der Waals surface area contributed by atoms with Gasteiger partial charge in [0.1, 0.15) is 5.78 Å². The monoisotopic (exact) mass is 320 g/mol. The number of thiol groups is 1. The molecule has 0 spiro atoms. The van der Waals surface area contributed by atoms with E-state index in [1.54, 1.807) is 0 Å². The molecule has 1 N–H and O–H groups in total. The number of fused-ring (bicyclic) bond motifs is 5. The fourth-order valence-corrected chi connectivity index (χ4v) is 7.17. The average molecular weight is 320 g/mol. The molecular formula is C19H28O2S. The van der Waals surface area contributed by atoms with Crippen LogP contribution < -0.4 is 0 Å². The van der Waals surface area contributed by atoms with E-state index in [-0.39, 0.29) is 16.9 Å². The zero-order valence-corrected chi connectivity index (χ0v) is 14.4. The molecule has 0 aromatic carbocycles. The van der Waals surface area contributed by atoms with Crippen LogP contribution in [0.15, 0.2) is 11.6 Å². The van der Waals surface area contributed by atoms with Crippen molar-refractivity contribution in [1.29, 1.82) is 0 Å². The molecule has 3 heteroatoms. The molecule has 6 atom stereocenters. The van der Waals surface area contributed by atoms with Gasteiger partial charge in [0, 0.05) is 17.3 Å². The van der Waals surface area contributed by atoms with Gasteiger partial charge < -0.3 is 5.11 Å². The molecule has 0 unspecified atom stereocenters. The molecule has 2 nitrogen and oxygen atoms in total. The van der Waals surface area contributed by atoms with Crippen molar-refractivity contribution in [3.63, 3.8) is 0 Å². The van der Waals surface area contributed by atoms with Gasteiger partial charge in [0.2, 0.25) is 0 Å². The fourth-order valence-electron chi connectivity index (χ4n) is 6.57. The molecule has 0 bridgehead atoms. The van der Waals surface area contributed by atoms with Crippen molar-refractivity contribution >= 4 is 18.4 Å². The van der Waals surface area contributed by atoms with Crippen LogP contribution in [0, 0.1) is 28.6 Å². The Bertz CT molecular complexity index is 528. The Hall–Kier alpha value is -0.280. The number of hydrogen-bond donors (Lipinski definition) is 2. The Morgan fingerprint density at radius 3 is 2.77 bits per heavy atom. The molecular weight excluding hydrogens is 292 g/mol. The second-order valence-electron chi connectivity index (χ2n) is 8.45. The van der Waals surface area contributed by atoms with E-state index in [1.807, 2.05) is 0 Å². The van der Waals surface area contributed by atoms with Crippen molar-refractivity contribution in [3.8, 4) is 0 Å². The molecule has 4 rings (SSSR count). The molecule has 0 aromatic rings. The number of Topliss-reactive ketones (excluding diaryl/α,β-unsaturated/α-hetero) is 1. The number of allylic oxidation sites excluding steroid dienone is 1. The van der Waals surface area contributed by atoms with Crippen molar-refractivity contribution in [2.45, 2.75) is 64.4 Å². The SMILES string of the molecule is C[C@]12CC[C@H]3[C@@H](CCC4=C[C@@H](O)CC[C@@]43CS)[C@@H]1CCC2=O. The third kappa shape index (κ3) is 1.87. The Morgan fingerprint density at radius 1 is 1.18 bits per heavy atom. The number of ketones is 1. The number of hydrogen-bond acceptors (Lipinski definition) is 3. The summed E-state index contributed by atoms with van der Waals surface area (Å²) in [5.41, 5.74) is 1.66. The van der Waals surface area contributed by atoms with Crippen molar-refractivity contribution in [2.24, 2.45) is 28.6 Å². The third-order valence-electron chi connectivity index (χ3n) is 7.80. The molecule has 3 saturated carbocycles. The van der Waals surface area contributed by atoms with Crippen molar-refractivity contribution in [1.82, 2.24) is 0 Å². The summed E-state index contributed by atoms with van der Waals surface area (Å²) in [6.45, 7) is 2.24. The van der Waals surface area contributed by atoms with Crippen molar-refractivity contribution in [2.75, 3.05) is 5.75 Å². The Kier molecular flexibility index (Phi) is 3.54. The van der Waals surface area contributed by atoms with Crippen LogP contribution >= 0.6 is 12.6 Å². The Labute approximate surface area is 139 Å². The van der Waals surface area contributed by atoms with E-state index in [4.69, 9.17) is 12.6 Å². The predicted octanol–water partition coefficient (Wildman–Crippen LogP) is 3.79. The predicted molar refractivity (Wildman–Crippen MR) is 90.9 cm³/mol. The lowest BCUT2D eigenvalue weighted by atomic mass is 9.47. The molecule has 0 saturated heterocycles. The van der Waals surface area contributed by atoms with Gasteiger partial charge in [-0.15, -0.1) is 0 Å². The molecule has 122 valence electrons. The van der Waals surface area contributed by atoms with E-state index in [1.165, 1.54) is 18.4 Å². The molecule has 0 aromatic heterocycles. The summed E-state index contributed by atoms with van der Waals surface area (Å²) in [6.07, 6.45) is 10.4. The molecule has 22 heavy (non-hydrogen) atoms. The first-order chi connectivity index (χ1) is 10.5. The van der Waals surface area contributed by atoms with E-state index in [0.717, 1.165) is 44.3 Å². The van der Waals surface area contributed by atoms with Crippen LogP contribution in [-0.2, 0) is 4.79 Å². The van der Waals surface area contributed by atoms with Gasteiger partial charge in [0.05, 0.1) is 6.10 Å². The van der Waals surface area contributed by atoms with Gasteiger partial charge in [-0.2, -0.15) is 12.6 Å². The first-order valence-electron chi connectivity index (χ1n) is 9.05. The van der Waals surface area contributed by atoms with Crippen LogP contribution in [0.1, 0.15) is 58.3 Å². The minimum Gasteiger partial charge on any atom is -0.389 e. The molecule has 3 fully saturated rings. The lowest BCUT2D eigenvalue weighted by Gasteiger charge is -2.58. The maximum absolute atomic E-state index is 12.4. The highest BCUT2D eigenvalue weighted by molar-refractivity contribution is 7.80. The maximum atomic E-state index is 12.4. The second kappa shape index (κ2) is 5.11. The number of aliphatic hydroxyl groups is 1. The van der Waals surface area contributed by atoms with Gasteiger partial charge in [-0.1, -0.05) is 18.6 Å². The van der Waals surface area contributed by atoms with Crippen LogP contribution in [0.5, 0.6) is 0 Å². The quantitative estimate of drug-likeness (QED) is 0.570. The highest BCUT2D eigenvalue weighted by Crippen LogP contribution is 2.64. The van der Waals surface area contributed by atoms with E-state index in [0.29, 0.717) is 23.5 Å². The van der Waals surface area contributed by atoms with Crippen molar-refractivity contribution in [3.05, 3.63) is 11.6 Å². The smallest absolute Gasteiger partial charge is 0.139 e. The van der Waals surface area contributed by atoms with E-state index >= 15 is 0 Å². The van der Waals surface area contributed by atoms with Gasteiger partial charge in [0.15, 0.2) is 0 Å². The summed E-state index contributed by atoms with van der Waals surface area (Å²) in [4.78, 5) is 12.4. The summed E-state index contributed by atoms with van der Waals surface area (Å²) in [7, 11) is 0. The molecule has 4 aliphatic carbocycles. The summed E-state index contributed by atoms with van der Waals surface area (Å²) >= 11 is 4.77. The van der Waals surface area contributed by atoms with Crippen LogP contribution in [0.3, 0.4) is 0 Å². The van der Waals surface area contributed by atoms with Crippen LogP contribution in [0.2, 0.25) is 0 Å². The van der Waals surface area contributed by atoms with Gasteiger partial charge in [-0.05, 0) is 68.5 Å². The van der Waals surface area contributed by atoms with Crippen LogP contribution in [0.4, 0.5) is 0 Å². The first-order valence-corrected chi connectivity index (χ1v) is 9.68. The summed E-state index contributed by atoms with van der Waals surface area (Å²) in [5.74, 6) is 3.41. The van der Waals surface area contributed by atoms with Crippen LogP contribution in [0.25, 0.3) is 0 Å². The number of carbonyl (C=O) groups is 1. The fraction of sp³-hybridized carbons (Fsp3) is 0.842. The minimum atomic E-state index is -0.249.